The van der Waals surface area contributed by atoms with Gasteiger partial charge in [-0.05, 0) is 43.5 Å². The lowest BCUT2D eigenvalue weighted by Gasteiger charge is -2.33. The van der Waals surface area contributed by atoms with Crippen molar-refractivity contribution in [3.63, 3.8) is 0 Å². The largest absolute Gasteiger partial charge is 0.341 e. The third-order valence-corrected chi connectivity index (χ3v) is 5.39. The van der Waals surface area contributed by atoms with Crippen molar-refractivity contribution in [2.75, 3.05) is 13.1 Å². The molecule has 1 N–H and O–H groups in total. The molecule has 7 heteroatoms. The third-order valence-electron chi connectivity index (χ3n) is 5.39. The molecule has 1 saturated heterocycles. The number of benzene rings is 1. The van der Waals surface area contributed by atoms with E-state index in [-0.39, 0.29) is 17.7 Å². The molecule has 1 fully saturated rings. The van der Waals surface area contributed by atoms with Crippen LogP contribution in [-0.4, -0.2) is 50.4 Å². The number of likely N-dealkylation sites (tertiary alicyclic amines) is 1. The van der Waals surface area contributed by atoms with E-state index in [0.717, 1.165) is 29.9 Å². The van der Waals surface area contributed by atoms with E-state index >= 15 is 0 Å². The first-order valence-corrected chi connectivity index (χ1v) is 10.2. The van der Waals surface area contributed by atoms with E-state index in [2.05, 4.69) is 15.5 Å². The zero-order chi connectivity index (χ0) is 20.9. The fraction of sp³-hybridized carbons (Fsp3) is 0.304. The molecular weight excluding hydrogens is 378 g/mol. The number of amides is 2. The molecule has 0 spiro atoms. The molecule has 3 heterocycles. The topological polar surface area (TPSA) is 79.6 Å². The zero-order valence-corrected chi connectivity index (χ0v) is 16.9. The number of hydrogen-bond acceptors (Lipinski definition) is 4. The van der Waals surface area contributed by atoms with Crippen molar-refractivity contribution >= 4 is 23.5 Å². The van der Waals surface area contributed by atoms with Gasteiger partial charge in [0.25, 0.3) is 0 Å². The Balaban J connectivity index is 1.37. The molecular formula is C23H25N5O2. The molecule has 0 aliphatic carbocycles. The highest BCUT2D eigenvalue weighted by atomic mass is 16.2. The van der Waals surface area contributed by atoms with Gasteiger partial charge in [-0.15, -0.1) is 10.2 Å². The molecule has 4 rings (SSSR count). The van der Waals surface area contributed by atoms with Crippen molar-refractivity contribution in [3.8, 4) is 0 Å². The summed E-state index contributed by atoms with van der Waals surface area (Å²) in [7, 11) is 0. The Morgan fingerprint density at radius 1 is 1.13 bits per heavy atom. The number of pyridine rings is 1. The van der Waals surface area contributed by atoms with Crippen LogP contribution in [0, 0.1) is 0 Å². The molecule has 2 amide bonds. The fourth-order valence-electron chi connectivity index (χ4n) is 3.86. The predicted octanol–water partition coefficient (Wildman–Crippen LogP) is 2.65. The van der Waals surface area contributed by atoms with Gasteiger partial charge in [0.2, 0.25) is 11.8 Å². The molecule has 0 unspecified atom stereocenters. The second kappa shape index (κ2) is 8.90. The van der Waals surface area contributed by atoms with Crippen LogP contribution in [0.25, 0.3) is 11.7 Å². The van der Waals surface area contributed by atoms with Crippen LogP contribution in [0.15, 0.2) is 60.8 Å². The summed E-state index contributed by atoms with van der Waals surface area (Å²) in [6, 6.07) is 14.8. The van der Waals surface area contributed by atoms with Crippen molar-refractivity contribution in [1.29, 1.82) is 0 Å². The minimum atomic E-state index is -0.591. The van der Waals surface area contributed by atoms with Crippen molar-refractivity contribution in [3.05, 3.63) is 72.2 Å². The summed E-state index contributed by atoms with van der Waals surface area (Å²) in [5.41, 5.74) is 1.74. The Morgan fingerprint density at radius 3 is 2.77 bits per heavy atom. The summed E-state index contributed by atoms with van der Waals surface area (Å²) >= 11 is 0. The monoisotopic (exact) mass is 403 g/mol. The van der Waals surface area contributed by atoms with Gasteiger partial charge in [-0.25, -0.2) is 0 Å². The van der Waals surface area contributed by atoms with Gasteiger partial charge in [-0.2, -0.15) is 0 Å². The van der Waals surface area contributed by atoms with Crippen molar-refractivity contribution in [2.24, 2.45) is 0 Å². The van der Waals surface area contributed by atoms with Gasteiger partial charge in [-0.3, -0.25) is 14.0 Å². The van der Waals surface area contributed by atoms with Crippen LogP contribution in [0.5, 0.6) is 0 Å². The zero-order valence-electron chi connectivity index (χ0n) is 16.9. The molecule has 1 aliphatic heterocycles. The van der Waals surface area contributed by atoms with E-state index in [1.807, 2.05) is 64.0 Å². The summed E-state index contributed by atoms with van der Waals surface area (Å²) in [5, 5.41) is 11.4. The van der Waals surface area contributed by atoms with E-state index < -0.39 is 6.04 Å². The first-order valence-electron chi connectivity index (χ1n) is 10.2. The number of rotatable bonds is 5. The second-order valence-electron chi connectivity index (χ2n) is 7.58. The minimum absolute atomic E-state index is 0.0741. The second-order valence-corrected chi connectivity index (χ2v) is 7.58. The van der Waals surface area contributed by atoms with Gasteiger partial charge in [0.15, 0.2) is 5.65 Å². The van der Waals surface area contributed by atoms with Gasteiger partial charge in [0, 0.05) is 31.3 Å². The lowest BCUT2D eigenvalue weighted by molar-refractivity contribution is -0.136. The summed E-state index contributed by atoms with van der Waals surface area (Å²) in [6.45, 7) is 2.99. The smallest absolute Gasteiger partial charge is 0.244 e. The number of carbonyl (C=O) groups excluding carboxylic acids is 2. The van der Waals surface area contributed by atoms with E-state index in [0.29, 0.717) is 13.1 Å². The summed E-state index contributed by atoms with van der Waals surface area (Å²) in [6.07, 6.45) is 7.00. The highest BCUT2D eigenvalue weighted by Crippen LogP contribution is 2.26. The van der Waals surface area contributed by atoms with E-state index in [1.54, 1.807) is 13.0 Å². The first kappa shape index (κ1) is 19.8. The highest BCUT2D eigenvalue weighted by Gasteiger charge is 2.30. The maximum Gasteiger partial charge on any atom is 0.244 e. The molecule has 154 valence electrons. The van der Waals surface area contributed by atoms with Crippen molar-refractivity contribution < 1.29 is 9.59 Å². The summed E-state index contributed by atoms with van der Waals surface area (Å²) in [4.78, 5) is 27.0. The number of piperidine rings is 1. The maximum absolute atomic E-state index is 12.9. The third kappa shape index (κ3) is 4.40. The molecule has 7 nitrogen and oxygen atoms in total. The van der Waals surface area contributed by atoms with Crippen LogP contribution in [-0.2, 0) is 9.59 Å². The average Bonchev–Trinajstić information content (AvgIpc) is 3.22. The van der Waals surface area contributed by atoms with E-state index in [9.17, 15) is 9.59 Å². The quantitative estimate of drug-likeness (QED) is 0.664. The standard InChI is InChI=1S/C23H25N5O2/c1-17(24-21(29)13-12-18-8-3-2-4-9-18)23(30)27-14-7-10-19(16-27)22-26-25-20-11-5-6-15-28(20)22/h2-6,8-9,11-13,15,17,19H,7,10,14,16H2,1H3,(H,24,29)/b13-12+/t17-,19-/m0/s1. The molecule has 2 atom stereocenters. The minimum Gasteiger partial charge on any atom is -0.341 e. The van der Waals surface area contributed by atoms with E-state index in [4.69, 9.17) is 0 Å². The predicted molar refractivity (Wildman–Crippen MR) is 115 cm³/mol. The Labute approximate surface area is 175 Å². The highest BCUT2D eigenvalue weighted by molar-refractivity contribution is 5.95. The summed E-state index contributed by atoms with van der Waals surface area (Å²) < 4.78 is 1.98. The maximum atomic E-state index is 12.9. The molecule has 1 aliphatic rings. The number of carbonyl (C=O) groups is 2. The van der Waals surface area contributed by atoms with Crippen LogP contribution in [0.4, 0.5) is 0 Å². The van der Waals surface area contributed by atoms with Crippen LogP contribution in [0.1, 0.15) is 37.1 Å². The number of nitrogens with one attached hydrogen (secondary N) is 1. The van der Waals surface area contributed by atoms with Gasteiger partial charge < -0.3 is 10.2 Å². The van der Waals surface area contributed by atoms with Crippen LogP contribution in [0.3, 0.4) is 0 Å². The first-order chi connectivity index (χ1) is 14.6. The van der Waals surface area contributed by atoms with Crippen LogP contribution < -0.4 is 5.32 Å². The van der Waals surface area contributed by atoms with E-state index in [1.165, 1.54) is 6.08 Å². The number of fused-ring (bicyclic) bond motifs is 1. The molecule has 0 radical (unpaired) electrons. The molecule has 0 saturated carbocycles. The molecule has 2 aromatic heterocycles. The average molecular weight is 403 g/mol. The fourth-order valence-corrected chi connectivity index (χ4v) is 3.86. The van der Waals surface area contributed by atoms with Gasteiger partial charge in [-0.1, -0.05) is 36.4 Å². The van der Waals surface area contributed by atoms with Gasteiger partial charge in [0.1, 0.15) is 11.9 Å². The molecule has 30 heavy (non-hydrogen) atoms. The Hall–Kier alpha value is -3.48. The Bertz CT molecular complexity index is 1060. The number of hydrogen-bond donors (Lipinski definition) is 1. The van der Waals surface area contributed by atoms with Gasteiger partial charge in [0.05, 0.1) is 0 Å². The number of nitrogens with zero attached hydrogens (tertiary/aromatic N) is 4. The van der Waals surface area contributed by atoms with Crippen molar-refractivity contribution in [1.82, 2.24) is 24.8 Å². The SMILES string of the molecule is C[C@H](NC(=O)/C=C/c1ccccc1)C(=O)N1CCC[C@H](c2nnc3ccccn23)C1. The summed E-state index contributed by atoms with van der Waals surface area (Å²) in [5.74, 6) is 0.651. The normalized spacial score (nSPS) is 17.9. The number of aromatic nitrogens is 3. The van der Waals surface area contributed by atoms with Gasteiger partial charge >= 0.3 is 0 Å². The Morgan fingerprint density at radius 2 is 1.93 bits per heavy atom. The molecule has 3 aromatic rings. The van der Waals surface area contributed by atoms with Crippen LogP contribution in [0.2, 0.25) is 0 Å². The molecule has 1 aromatic carbocycles. The van der Waals surface area contributed by atoms with Crippen LogP contribution >= 0.6 is 0 Å². The Kier molecular flexibility index (Phi) is 5.88. The lowest BCUT2D eigenvalue weighted by Crippen LogP contribution is -2.49. The molecule has 0 bridgehead atoms. The van der Waals surface area contributed by atoms with Crippen molar-refractivity contribution in [2.45, 2.75) is 31.7 Å². The lowest BCUT2D eigenvalue weighted by atomic mass is 9.96.